The number of rotatable bonds is 4. The van der Waals surface area contributed by atoms with E-state index in [9.17, 15) is 18.9 Å². The van der Waals surface area contributed by atoms with Crippen LogP contribution in [0.4, 0.5) is 14.5 Å². The molecule has 8 heteroatoms. The van der Waals surface area contributed by atoms with Crippen molar-refractivity contribution in [3.63, 3.8) is 0 Å². The van der Waals surface area contributed by atoms with Crippen molar-refractivity contribution in [2.45, 2.75) is 26.8 Å². The highest BCUT2D eigenvalue weighted by atomic mass is 35.5. The molecule has 1 heterocycles. The molecule has 0 spiro atoms. The Balaban J connectivity index is 3.24. The van der Waals surface area contributed by atoms with E-state index in [-0.39, 0.29) is 17.6 Å². The fourth-order valence-electron chi connectivity index (χ4n) is 1.23. The van der Waals surface area contributed by atoms with E-state index in [1.807, 2.05) is 13.8 Å². The molecule has 90 valence electrons. The number of nitro groups is 1. The van der Waals surface area contributed by atoms with Gasteiger partial charge in [0.2, 0.25) is 10.8 Å². The van der Waals surface area contributed by atoms with E-state index in [1.165, 1.54) is 0 Å². The number of hydrogen-bond donors (Lipinski definition) is 0. The summed E-state index contributed by atoms with van der Waals surface area (Å²) in [6.45, 7) is 3.91. The number of alkyl halides is 2. The van der Waals surface area contributed by atoms with Crippen LogP contribution in [0.15, 0.2) is 0 Å². The predicted molar refractivity (Wildman–Crippen MR) is 53.7 cm³/mol. The summed E-state index contributed by atoms with van der Waals surface area (Å²) in [7, 11) is 0. The average Bonchev–Trinajstić information content (AvgIpc) is 2.43. The monoisotopic (exact) mass is 253 g/mol. The molecule has 1 aromatic rings. The minimum absolute atomic E-state index is 0.0996. The van der Waals surface area contributed by atoms with Crippen molar-refractivity contribution in [3.8, 4) is 0 Å². The zero-order chi connectivity index (χ0) is 12.5. The quantitative estimate of drug-likeness (QED) is 0.612. The Morgan fingerprint density at radius 1 is 1.56 bits per heavy atom. The normalized spacial score (nSPS) is 11.4. The van der Waals surface area contributed by atoms with Crippen LogP contribution < -0.4 is 0 Å². The Kier molecular flexibility index (Phi) is 3.79. The Bertz CT molecular complexity index is 406. The highest BCUT2D eigenvalue weighted by molar-refractivity contribution is 6.31. The Hall–Kier alpha value is -1.24. The van der Waals surface area contributed by atoms with Crippen molar-refractivity contribution < 1.29 is 13.7 Å². The molecule has 0 saturated carbocycles. The lowest BCUT2D eigenvalue weighted by atomic mass is 10.2. The molecule has 16 heavy (non-hydrogen) atoms. The van der Waals surface area contributed by atoms with Gasteiger partial charge >= 0.3 is 5.69 Å². The molecule has 0 atom stereocenters. The van der Waals surface area contributed by atoms with Crippen LogP contribution in [-0.4, -0.2) is 14.7 Å². The first-order chi connectivity index (χ1) is 7.34. The number of aromatic nitrogens is 2. The van der Waals surface area contributed by atoms with Crippen LogP contribution in [-0.2, 0) is 6.54 Å². The van der Waals surface area contributed by atoms with Crippen LogP contribution in [0, 0.1) is 16.0 Å². The van der Waals surface area contributed by atoms with Crippen molar-refractivity contribution >= 4 is 17.3 Å². The van der Waals surface area contributed by atoms with E-state index in [0.29, 0.717) is 0 Å². The van der Waals surface area contributed by atoms with Gasteiger partial charge < -0.3 is 0 Å². The van der Waals surface area contributed by atoms with E-state index in [2.05, 4.69) is 5.10 Å². The van der Waals surface area contributed by atoms with Crippen molar-refractivity contribution in [1.82, 2.24) is 9.78 Å². The summed E-state index contributed by atoms with van der Waals surface area (Å²) in [6.07, 6.45) is -3.01. The standard InChI is InChI=1S/C8H10ClF2N3O2/c1-4(2)3-13-7(9)6(14(15)16)5(12-13)8(10)11/h4,8H,3H2,1-2H3. The van der Waals surface area contributed by atoms with Gasteiger partial charge in [-0.3, -0.25) is 10.1 Å². The molecule has 1 aromatic heterocycles. The van der Waals surface area contributed by atoms with Crippen molar-refractivity contribution in [3.05, 3.63) is 21.0 Å². The lowest BCUT2D eigenvalue weighted by molar-refractivity contribution is -0.386. The molecule has 0 aromatic carbocycles. The summed E-state index contributed by atoms with van der Waals surface area (Å²) in [5.41, 5.74) is -1.69. The molecule has 0 saturated heterocycles. The van der Waals surface area contributed by atoms with Gasteiger partial charge in [-0.2, -0.15) is 5.10 Å². The topological polar surface area (TPSA) is 61.0 Å². The second kappa shape index (κ2) is 4.73. The van der Waals surface area contributed by atoms with Gasteiger partial charge in [0.25, 0.3) is 6.43 Å². The zero-order valence-corrected chi connectivity index (χ0v) is 9.41. The minimum atomic E-state index is -3.01. The highest BCUT2D eigenvalue weighted by Crippen LogP contribution is 2.34. The van der Waals surface area contributed by atoms with Gasteiger partial charge in [0.1, 0.15) is 0 Å². The number of halogens is 3. The number of hydrogen-bond acceptors (Lipinski definition) is 3. The SMILES string of the molecule is CC(C)Cn1nc(C(F)F)c([N+](=O)[O-])c1Cl. The van der Waals surface area contributed by atoms with E-state index >= 15 is 0 Å². The zero-order valence-electron chi connectivity index (χ0n) is 8.65. The smallest absolute Gasteiger partial charge is 0.258 e. The third-order valence-electron chi connectivity index (χ3n) is 1.82. The molecule has 0 bridgehead atoms. The lowest BCUT2D eigenvalue weighted by Gasteiger charge is -2.04. The van der Waals surface area contributed by atoms with Gasteiger partial charge in [-0.1, -0.05) is 25.4 Å². The maximum atomic E-state index is 12.5. The molecule has 1 rings (SSSR count). The van der Waals surface area contributed by atoms with Crippen LogP contribution in [0.5, 0.6) is 0 Å². The largest absolute Gasteiger partial charge is 0.334 e. The molecular weight excluding hydrogens is 244 g/mol. The molecule has 0 amide bonds. The summed E-state index contributed by atoms with van der Waals surface area (Å²) in [5, 5.41) is 13.7. The second-order valence-corrected chi connectivity index (χ2v) is 4.02. The maximum absolute atomic E-state index is 12.5. The van der Waals surface area contributed by atoms with Gasteiger partial charge in [-0.25, -0.2) is 13.5 Å². The lowest BCUT2D eigenvalue weighted by Crippen LogP contribution is -2.06. The second-order valence-electron chi connectivity index (χ2n) is 3.66. The molecule has 5 nitrogen and oxygen atoms in total. The summed E-state index contributed by atoms with van der Waals surface area (Å²) >= 11 is 5.64. The third-order valence-corrected chi connectivity index (χ3v) is 2.19. The van der Waals surface area contributed by atoms with Crippen LogP contribution in [0.2, 0.25) is 5.15 Å². The summed E-state index contributed by atoms with van der Waals surface area (Å²) in [5.74, 6) is 0.0996. The van der Waals surface area contributed by atoms with Crippen LogP contribution in [0.25, 0.3) is 0 Å². The highest BCUT2D eigenvalue weighted by Gasteiger charge is 2.32. The van der Waals surface area contributed by atoms with Crippen molar-refractivity contribution in [2.24, 2.45) is 5.92 Å². The molecular formula is C8H10ClF2N3O2. The van der Waals surface area contributed by atoms with E-state index < -0.39 is 22.7 Å². The summed E-state index contributed by atoms with van der Waals surface area (Å²) < 4.78 is 26.0. The van der Waals surface area contributed by atoms with E-state index in [0.717, 1.165) is 4.68 Å². The van der Waals surface area contributed by atoms with Crippen LogP contribution in [0.3, 0.4) is 0 Å². The average molecular weight is 254 g/mol. The third kappa shape index (κ3) is 2.46. The fraction of sp³-hybridized carbons (Fsp3) is 0.625. The number of nitrogens with zero attached hydrogens (tertiary/aromatic N) is 3. The van der Waals surface area contributed by atoms with Gasteiger partial charge in [0.15, 0.2) is 0 Å². The van der Waals surface area contributed by atoms with Gasteiger partial charge in [0.05, 0.1) is 4.92 Å². The Labute approximate surface area is 95.2 Å². The van der Waals surface area contributed by atoms with Crippen LogP contribution >= 0.6 is 11.6 Å². The van der Waals surface area contributed by atoms with Gasteiger partial charge in [-0.05, 0) is 5.92 Å². The first-order valence-electron chi connectivity index (χ1n) is 4.53. The van der Waals surface area contributed by atoms with E-state index in [4.69, 9.17) is 11.6 Å². The van der Waals surface area contributed by atoms with E-state index in [1.54, 1.807) is 0 Å². The Morgan fingerprint density at radius 3 is 2.44 bits per heavy atom. The van der Waals surface area contributed by atoms with Crippen molar-refractivity contribution in [2.75, 3.05) is 0 Å². The van der Waals surface area contributed by atoms with Gasteiger partial charge in [-0.15, -0.1) is 0 Å². The van der Waals surface area contributed by atoms with Crippen LogP contribution in [0.1, 0.15) is 26.0 Å². The molecule has 0 aliphatic heterocycles. The minimum Gasteiger partial charge on any atom is -0.258 e. The summed E-state index contributed by atoms with van der Waals surface area (Å²) in [4.78, 5) is 9.64. The first-order valence-corrected chi connectivity index (χ1v) is 4.91. The molecule has 0 fully saturated rings. The summed E-state index contributed by atoms with van der Waals surface area (Å²) in [6, 6.07) is 0. The molecule has 0 aliphatic carbocycles. The molecule has 0 unspecified atom stereocenters. The van der Waals surface area contributed by atoms with Gasteiger partial charge in [0, 0.05) is 6.54 Å². The first kappa shape index (κ1) is 12.8. The predicted octanol–water partition coefficient (Wildman–Crippen LogP) is 3.04. The molecule has 0 N–H and O–H groups in total. The molecule has 0 aliphatic rings. The molecule has 0 radical (unpaired) electrons. The maximum Gasteiger partial charge on any atom is 0.334 e. The van der Waals surface area contributed by atoms with Crippen molar-refractivity contribution in [1.29, 1.82) is 0 Å². The fourth-order valence-corrected chi connectivity index (χ4v) is 1.50. The Morgan fingerprint density at radius 2 is 2.12 bits per heavy atom.